The maximum absolute atomic E-state index is 5.88. The van der Waals surface area contributed by atoms with Crippen LogP contribution >= 0.6 is 0 Å². The molecule has 98 valence electrons. The Labute approximate surface area is 110 Å². The molecule has 1 aromatic rings. The topological polar surface area (TPSA) is 35.2 Å². The van der Waals surface area contributed by atoms with Gasteiger partial charge in [-0.3, -0.25) is 0 Å². The van der Waals surface area contributed by atoms with Crippen LogP contribution in [-0.2, 0) is 17.9 Å². The summed E-state index contributed by atoms with van der Waals surface area (Å²) in [6.07, 6.45) is 6.90. The van der Waals surface area contributed by atoms with Gasteiger partial charge in [-0.15, -0.1) is 0 Å². The largest absolute Gasteiger partial charge is 0.376 e. The van der Waals surface area contributed by atoms with Crippen LogP contribution in [0.1, 0.15) is 30.9 Å². The van der Waals surface area contributed by atoms with Gasteiger partial charge in [-0.25, -0.2) is 0 Å². The fraction of sp³-hybridized carbons (Fsp3) is 0.500. The lowest BCUT2D eigenvalue weighted by Gasteiger charge is -2.25. The second-order valence-electron chi connectivity index (χ2n) is 5.17. The Kier molecular flexibility index (Phi) is 4.97. The molecule has 0 fully saturated rings. The second kappa shape index (κ2) is 6.72. The van der Waals surface area contributed by atoms with Crippen molar-refractivity contribution in [2.24, 2.45) is 17.6 Å². The molecule has 0 heterocycles. The zero-order chi connectivity index (χ0) is 12.8. The highest BCUT2D eigenvalue weighted by Gasteiger charge is 2.18. The predicted molar refractivity (Wildman–Crippen MR) is 75.0 cm³/mol. The normalized spacial score (nSPS) is 23.2. The number of allylic oxidation sites excluding steroid dienone is 2. The first-order chi connectivity index (χ1) is 8.81. The summed E-state index contributed by atoms with van der Waals surface area (Å²) in [6, 6.07) is 8.25. The van der Waals surface area contributed by atoms with Crippen LogP contribution in [0.5, 0.6) is 0 Å². The summed E-state index contributed by atoms with van der Waals surface area (Å²) in [4.78, 5) is 0. The molecule has 1 aliphatic carbocycles. The lowest BCUT2D eigenvalue weighted by molar-refractivity contribution is 0.0677. The molecule has 0 bridgehead atoms. The molecule has 2 N–H and O–H groups in total. The molecule has 0 amide bonds. The minimum atomic E-state index is 0.585. The van der Waals surface area contributed by atoms with Gasteiger partial charge < -0.3 is 10.5 Å². The van der Waals surface area contributed by atoms with Gasteiger partial charge in [0.25, 0.3) is 0 Å². The second-order valence-corrected chi connectivity index (χ2v) is 5.17. The van der Waals surface area contributed by atoms with Crippen LogP contribution in [0.3, 0.4) is 0 Å². The van der Waals surface area contributed by atoms with Crippen LogP contribution in [0, 0.1) is 11.8 Å². The van der Waals surface area contributed by atoms with Crippen molar-refractivity contribution in [1.29, 1.82) is 0 Å². The minimum absolute atomic E-state index is 0.585. The summed E-state index contributed by atoms with van der Waals surface area (Å²) in [5.74, 6) is 1.40. The van der Waals surface area contributed by atoms with Gasteiger partial charge in [-0.05, 0) is 35.8 Å². The van der Waals surface area contributed by atoms with Crippen LogP contribution < -0.4 is 5.73 Å². The third kappa shape index (κ3) is 3.44. The molecule has 2 rings (SSSR count). The van der Waals surface area contributed by atoms with E-state index in [0.29, 0.717) is 19.1 Å². The molecule has 18 heavy (non-hydrogen) atoms. The molecule has 0 radical (unpaired) electrons. The fourth-order valence-corrected chi connectivity index (χ4v) is 2.46. The van der Waals surface area contributed by atoms with Gasteiger partial charge in [0.1, 0.15) is 0 Å². The summed E-state index contributed by atoms with van der Waals surface area (Å²) in [6.45, 7) is 4.43. The SMILES string of the molecule is CC1CC=CCC1COCc1ccccc1CN. The van der Waals surface area contributed by atoms with Crippen molar-refractivity contribution in [3.63, 3.8) is 0 Å². The number of hydrogen-bond acceptors (Lipinski definition) is 2. The van der Waals surface area contributed by atoms with E-state index in [1.807, 2.05) is 12.1 Å². The van der Waals surface area contributed by atoms with E-state index in [1.54, 1.807) is 0 Å². The van der Waals surface area contributed by atoms with Gasteiger partial charge in [0, 0.05) is 6.54 Å². The highest BCUT2D eigenvalue weighted by Crippen LogP contribution is 2.25. The summed E-state index contributed by atoms with van der Waals surface area (Å²) in [7, 11) is 0. The lowest BCUT2D eigenvalue weighted by Crippen LogP contribution is -2.19. The maximum Gasteiger partial charge on any atom is 0.0720 e. The molecule has 2 heteroatoms. The van der Waals surface area contributed by atoms with Crippen molar-refractivity contribution >= 4 is 0 Å². The smallest absolute Gasteiger partial charge is 0.0720 e. The van der Waals surface area contributed by atoms with Crippen LogP contribution in [0.25, 0.3) is 0 Å². The Morgan fingerprint density at radius 1 is 1.17 bits per heavy atom. The summed E-state index contributed by atoms with van der Waals surface area (Å²) in [5.41, 5.74) is 8.13. The number of hydrogen-bond donors (Lipinski definition) is 1. The van der Waals surface area contributed by atoms with E-state index in [0.717, 1.165) is 18.9 Å². The number of ether oxygens (including phenoxy) is 1. The highest BCUT2D eigenvalue weighted by molar-refractivity contribution is 5.26. The summed E-state index contributed by atoms with van der Waals surface area (Å²) < 4.78 is 5.88. The van der Waals surface area contributed by atoms with Gasteiger partial charge in [0.15, 0.2) is 0 Å². The summed E-state index contributed by atoms with van der Waals surface area (Å²) >= 11 is 0. The molecule has 2 atom stereocenters. The monoisotopic (exact) mass is 245 g/mol. The third-order valence-electron chi connectivity index (χ3n) is 3.85. The van der Waals surface area contributed by atoms with Crippen molar-refractivity contribution in [3.8, 4) is 0 Å². The van der Waals surface area contributed by atoms with Crippen LogP contribution in [0.2, 0.25) is 0 Å². The van der Waals surface area contributed by atoms with Crippen LogP contribution in [0.15, 0.2) is 36.4 Å². The molecule has 0 aromatic heterocycles. The Balaban J connectivity index is 1.83. The van der Waals surface area contributed by atoms with Crippen molar-refractivity contribution in [2.75, 3.05) is 6.61 Å². The zero-order valence-electron chi connectivity index (χ0n) is 11.1. The van der Waals surface area contributed by atoms with Crippen molar-refractivity contribution in [3.05, 3.63) is 47.5 Å². The molecule has 1 aromatic carbocycles. The van der Waals surface area contributed by atoms with E-state index in [1.165, 1.54) is 17.5 Å². The molecular weight excluding hydrogens is 222 g/mol. The number of rotatable bonds is 5. The van der Waals surface area contributed by atoms with Crippen molar-refractivity contribution < 1.29 is 4.74 Å². The van der Waals surface area contributed by atoms with Crippen molar-refractivity contribution in [1.82, 2.24) is 0 Å². The molecule has 0 saturated carbocycles. The fourth-order valence-electron chi connectivity index (χ4n) is 2.46. The Morgan fingerprint density at radius 2 is 1.89 bits per heavy atom. The minimum Gasteiger partial charge on any atom is -0.376 e. The zero-order valence-corrected chi connectivity index (χ0v) is 11.1. The molecule has 0 aliphatic heterocycles. The van der Waals surface area contributed by atoms with Crippen LogP contribution in [0.4, 0.5) is 0 Å². The van der Waals surface area contributed by atoms with Crippen molar-refractivity contribution in [2.45, 2.75) is 32.9 Å². The molecular formula is C16H23NO. The molecule has 2 nitrogen and oxygen atoms in total. The highest BCUT2D eigenvalue weighted by atomic mass is 16.5. The van der Waals surface area contributed by atoms with Gasteiger partial charge in [0.05, 0.1) is 13.2 Å². The Bertz CT molecular complexity index is 400. The average molecular weight is 245 g/mol. The van der Waals surface area contributed by atoms with Gasteiger partial charge in [-0.1, -0.05) is 43.3 Å². The first-order valence-electron chi connectivity index (χ1n) is 6.81. The molecule has 0 saturated heterocycles. The Morgan fingerprint density at radius 3 is 2.61 bits per heavy atom. The van der Waals surface area contributed by atoms with E-state index in [4.69, 9.17) is 10.5 Å². The van der Waals surface area contributed by atoms with E-state index < -0.39 is 0 Å². The first-order valence-corrected chi connectivity index (χ1v) is 6.81. The molecule has 1 aliphatic rings. The maximum atomic E-state index is 5.88. The van der Waals surface area contributed by atoms with E-state index in [-0.39, 0.29) is 0 Å². The quantitative estimate of drug-likeness (QED) is 0.808. The van der Waals surface area contributed by atoms with Gasteiger partial charge >= 0.3 is 0 Å². The first kappa shape index (κ1) is 13.3. The Hall–Kier alpha value is -1.12. The third-order valence-corrected chi connectivity index (χ3v) is 3.85. The standard InChI is InChI=1S/C16H23NO/c1-13-6-2-3-8-15(13)11-18-12-16-9-5-4-7-14(16)10-17/h2-5,7,9,13,15H,6,8,10-12,17H2,1H3. The summed E-state index contributed by atoms with van der Waals surface area (Å²) in [5, 5.41) is 0. The van der Waals surface area contributed by atoms with E-state index in [9.17, 15) is 0 Å². The predicted octanol–water partition coefficient (Wildman–Crippen LogP) is 3.26. The van der Waals surface area contributed by atoms with Gasteiger partial charge in [0.2, 0.25) is 0 Å². The average Bonchev–Trinajstić information content (AvgIpc) is 2.41. The molecule has 2 unspecified atom stereocenters. The molecule has 0 spiro atoms. The van der Waals surface area contributed by atoms with E-state index >= 15 is 0 Å². The van der Waals surface area contributed by atoms with Gasteiger partial charge in [-0.2, -0.15) is 0 Å². The van der Waals surface area contributed by atoms with Crippen LogP contribution in [-0.4, -0.2) is 6.61 Å². The number of nitrogens with two attached hydrogens (primary N) is 1. The lowest BCUT2D eigenvalue weighted by atomic mass is 9.85. The van der Waals surface area contributed by atoms with E-state index in [2.05, 4.69) is 31.2 Å². The number of benzene rings is 1.